The normalized spacial score (nSPS) is 11.7. The van der Waals surface area contributed by atoms with Crippen molar-refractivity contribution in [2.75, 3.05) is 0 Å². The van der Waals surface area contributed by atoms with Crippen molar-refractivity contribution in [1.82, 2.24) is 4.98 Å². The van der Waals surface area contributed by atoms with Crippen LogP contribution in [0.2, 0.25) is 0 Å². The second-order valence-electron chi connectivity index (χ2n) is 5.27. The fourth-order valence-corrected chi connectivity index (χ4v) is 2.84. The summed E-state index contributed by atoms with van der Waals surface area (Å²) in [6, 6.07) is 17.4. The Morgan fingerprint density at radius 1 is 0.750 bits per heavy atom. The van der Waals surface area contributed by atoms with Crippen LogP contribution in [-0.4, -0.2) is 12.3 Å². The number of nitrogens with zero attached hydrogens (tertiary/aromatic N) is 1. The summed E-state index contributed by atoms with van der Waals surface area (Å²) in [5, 5.41) is 0. The van der Waals surface area contributed by atoms with Gasteiger partial charge in [-0.25, -0.2) is 0 Å². The molecule has 0 unspecified atom stereocenters. The molecule has 2 heterocycles. The number of hydrogen-bond acceptors (Lipinski definition) is 1. The highest BCUT2D eigenvalue weighted by Crippen LogP contribution is 2.26. The molecule has 0 aliphatic carbocycles. The molecule has 0 N–H and O–H groups in total. The maximum absolute atomic E-state index is 4.08. The van der Waals surface area contributed by atoms with E-state index in [1.165, 1.54) is 38.7 Å². The standard InChI is InChI=1S/C18H13BN/c1-12-2-4-17-15(10-12)16-11-14(3-5-18(16)19-17)13-6-8-20-9-7-13/h2-11H,1H3. The van der Waals surface area contributed by atoms with Gasteiger partial charge in [0.05, 0.1) is 0 Å². The van der Waals surface area contributed by atoms with Gasteiger partial charge in [0.1, 0.15) is 0 Å². The van der Waals surface area contributed by atoms with Gasteiger partial charge in [0.15, 0.2) is 7.28 Å². The number of pyridine rings is 1. The summed E-state index contributed by atoms with van der Waals surface area (Å²) in [6.07, 6.45) is 3.68. The molecule has 0 amide bonds. The van der Waals surface area contributed by atoms with Crippen LogP contribution < -0.4 is 10.9 Å². The topological polar surface area (TPSA) is 12.9 Å². The molecule has 20 heavy (non-hydrogen) atoms. The van der Waals surface area contributed by atoms with Crippen molar-refractivity contribution in [3.8, 4) is 22.3 Å². The van der Waals surface area contributed by atoms with Crippen LogP contribution in [0.1, 0.15) is 5.56 Å². The minimum Gasteiger partial charge on any atom is -0.265 e. The van der Waals surface area contributed by atoms with Crippen molar-refractivity contribution in [2.45, 2.75) is 6.92 Å². The first-order valence-electron chi connectivity index (χ1n) is 6.81. The van der Waals surface area contributed by atoms with Gasteiger partial charge in [-0.05, 0) is 47.4 Å². The van der Waals surface area contributed by atoms with E-state index in [0.29, 0.717) is 0 Å². The van der Waals surface area contributed by atoms with E-state index in [1.54, 1.807) is 0 Å². The first kappa shape index (κ1) is 11.5. The molecule has 1 aliphatic rings. The van der Waals surface area contributed by atoms with E-state index in [0.717, 1.165) is 0 Å². The van der Waals surface area contributed by atoms with E-state index < -0.39 is 0 Å². The molecule has 1 aliphatic heterocycles. The fraction of sp³-hybridized carbons (Fsp3) is 0.0556. The third kappa shape index (κ3) is 1.76. The Hall–Kier alpha value is -2.35. The summed E-state index contributed by atoms with van der Waals surface area (Å²) < 4.78 is 0. The molecule has 0 atom stereocenters. The van der Waals surface area contributed by atoms with Crippen LogP contribution in [0.5, 0.6) is 0 Å². The molecule has 4 rings (SSSR count). The minimum atomic E-state index is 1.21. The number of hydrogen-bond donors (Lipinski definition) is 0. The molecular formula is C18H13BN. The summed E-state index contributed by atoms with van der Waals surface area (Å²) >= 11 is 0. The first-order valence-corrected chi connectivity index (χ1v) is 6.81. The molecule has 0 spiro atoms. The predicted molar refractivity (Wildman–Crippen MR) is 84.9 cm³/mol. The second kappa shape index (κ2) is 4.34. The lowest BCUT2D eigenvalue weighted by molar-refractivity contribution is 1.33. The van der Waals surface area contributed by atoms with Crippen molar-refractivity contribution >= 4 is 18.2 Å². The largest absolute Gasteiger partial charge is 0.265 e. The fourth-order valence-electron chi connectivity index (χ4n) is 2.84. The van der Waals surface area contributed by atoms with E-state index in [4.69, 9.17) is 0 Å². The number of rotatable bonds is 1. The second-order valence-corrected chi connectivity index (χ2v) is 5.27. The average molecular weight is 254 g/mol. The van der Waals surface area contributed by atoms with E-state index >= 15 is 0 Å². The minimum absolute atomic E-state index is 1.21. The SMILES string of the molecule is Cc1ccc2c(c1)-c1cc(-c3ccncc3)ccc1[B]2. The maximum atomic E-state index is 4.08. The van der Waals surface area contributed by atoms with Gasteiger partial charge in [-0.1, -0.05) is 46.8 Å². The Labute approximate surface area is 119 Å². The Kier molecular flexibility index (Phi) is 2.49. The van der Waals surface area contributed by atoms with Crippen LogP contribution in [0.3, 0.4) is 0 Å². The Bertz CT molecular complexity index is 794. The highest BCUT2D eigenvalue weighted by molar-refractivity contribution is 6.73. The lowest BCUT2D eigenvalue weighted by Crippen LogP contribution is -2.20. The maximum Gasteiger partial charge on any atom is 0.193 e. The van der Waals surface area contributed by atoms with E-state index in [9.17, 15) is 0 Å². The summed E-state index contributed by atoms with van der Waals surface area (Å²) in [5.41, 5.74) is 9.06. The molecule has 1 radical (unpaired) electrons. The molecule has 93 valence electrons. The van der Waals surface area contributed by atoms with Gasteiger partial charge < -0.3 is 0 Å². The van der Waals surface area contributed by atoms with Crippen LogP contribution in [0.15, 0.2) is 60.9 Å². The number of aromatic nitrogens is 1. The van der Waals surface area contributed by atoms with Gasteiger partial charge in [-0.2, -0.15) is 0 Å². The molecule has 0 fully saturated rings. The van der Waals surface area contributed by atoms with E-state index in [-0.39, 0.29) is 0 Å². The van der Waals surface area contributed by atoms with E-state index in [1.807, 2.05) is 12.4 Å². The summed E-state index contributed by atoms with van der Waals surface area (Å²) in [4.78, 5) is 4.08. The van der Waals surface area contributed by atoms with Crippen molar-refractivity contribution in [3.63, 3.8) is 0 Å². The molecule has 0 saturated carbocycles. The lowest BCUT2D eigenvalue weighted by atomic mass is 9.68. The van der Waals surface area contributed by atoms with Crippen LogP contribution in [0.25, 0.3) is 22.3 Å². The third-order valence-corrected chi connectivity index (χ3v) is 3.88. The van der Waals surface area contributed by atoms with Gasteiger partial charge in [-0.15, -0.1) is 0 Å². The Balaban J connectivity index is 1.89. The Morgan fingerprint density at radius 3 is 2.25 bits per heavy atom. The van der Waals surface area contributed by atoms with Gasteiger partial charge in [-0.3, -0.25) is 4.98 Å². The molecule has 3 aromatic rings. The predicted octanol–water partition coefficient (Wildman–Crippen LogP) is 2.69. The van der Waals surface area contributed by atoms with Crippen molar-refractivity contribution in [3.05, 3.63) is 66.5 Å². The lowest BCUT2D eigenvalue weighted by Gasteiger charge is -2.07. The van der Waals surface area contributed by atoms with Gasteiger partial charge in [0.25, 0.3) is 0 Å². The van der Waals surface area contributed by atoms with Crippen LogP contribution in [-0.2, 0) is 0 Å². The molecule has 0 bridgehead atoms. The van der Waals surface area contributed by atoms with Gasteiger partial charge in [0.2, 0.25) is 0 Å². The van der Waals surface area contributed by atoms with Crippen LogP contribution in [0, 0.1) is 6.92 Å². The number of fused-ring (bicyclic) bond motifs is 3. The average Bonchev–Trinajstić information content (AvgIpc) is 2.85. The molecule has 0 saturated heterocycles. The molecular weight excluding hydrogens is 241 g/mol. The number of aryl methyl sites for hydroxylation is 1. The monoisotopic (exact) mass is 254 g/mol. The quantitative estimate of drug-likeness (QED) is 0.476. The highest BCUT2D eigenvalue weighted by atomic mass is 14.6. The van der Waals surface area contributed by atoms with Crippen molar-refractivity contribution < 1.29 is 0 Å². The smallest absolute Gasteiger partial charge is 0.193 e. The van der Waals surface area contributed by atoms with E-state index in [2.05, 4.69) is 67.7 Å². The summed E-state index contributed by atoms with van der Waals surface area (Å²) in [5.74, 6) is 0. The van der Waals surface area contributed by atoms with Crippen LogP contribution in [0.4, 0.5) is 0 Å². The Morgan fingerprint density at radius 2 is 1.45 bits per heavy atom. The zero-order valence-corrected chi connectivity index (χ0v) is 11.3. The summed E-state index contributed by atoms with van der Waals surface area (Å²) in [6.45, 7) is 2.14. The molecule has 2 aromatic carbocycles. The van der Waals surface area contributed by atoms with Gasteiger partial charge >= 0.3 is 0 Å². The molecule has 1 nitrogen and oxygen atoms in total. The van der Waals surface area contributed by atoms with Gasteiger partial charge in [0, 0.05) is 12.4 Å². The zero-order valence-electron chi connectivity index (χ0n) is 11.3. The zero-order chi connectivity index (χ0) is 13.5. The van der Waals surface area contributed by atoms with Crippen molar-refractivity contribution in [1.29, 1.82) is 0 Å². The molecule has 2 heteroatoms. The summed E-state index contributed by atoms with van der Waals surface area (Å²) in [7, 11) is 2.26. The number of benzene rings is 2. The first-order chi connectivity index (χ1) is 9.81. The van der Waals surface area contributed by atoms with Crippen molar-refractivity contribution in [2.24, 2.45) is 0 Å². The van der Waals surface area contributed by atoms with Crippen LogP contribution >= 0.6 is 0 Å². The highest BCUT2D eigenvalue weighted by Gasteiger charge is 2.19. The third-order valence-electron chi connectivity index (χ3n) is 3.88. The molecule has 1 aromatic heterocycles.